The summed E-state index contributed by atoms with van der Waals surface area (Å²) in [7, 11) is 0. The van der Waals surface area contributed by atoms with E-state index in [1.165, 1.54) is 5.56 Å². The van der Waals surface area contributed by atoms with Gasteiger partial charge in [0.15, 0.2) is 0 Å². The first-order valence-electron chi connectivity index (χ1n) is 5.76. The average molecular weight is 241 g/mol. The van der Waals surface area contributed by atoms with Crippen molar-refractivity contribution >= 4 is 12.4 Å². The van der Waals surface area contributed by atoms with Crippen molar-refractivity contribution in [2.45, 2.75) is 32.5 Å². The predicted octanol–water partition coefficient (Wildman–Crippen LogP) is 2.29. The zero-order valence-corrected chi connectivity index (χ0v) is 10.8. The molecule has 2 rings (SSSR count). The molecule has 0 spiro atoms. The Morgan fingerprint density at radius 2 is 1.69 bits per heavy atom. The molecule has 1 N–H and O–H groups in total. The molecule has 1 aliphatic rings. The molecule has 16 heavy (non-hydrogen) atoms. The Labute approximate surface area is 104 Å². The van der Waals surface area contributed by atoms with Crippen molar-refractivity contribution in [3.8, 4) is 0 Å². The summed E-state index contributed by atoms with van der Waals surface area (Å²) >= 11 is 0. The van der Waals surface area contributed by atoms with Crippen LogP contribution in [0.3, 0.4) is 0 Å². The van der Waals surface area contributed by atoms with Crippen molar-refractivity contribution in [1.82, 2.24) is 10.2 Å². The van der Waals surface area contributed by atoms with Gasteiger partial charge in [-0.3, -0.25) is 4.90 Å². The zero-order chi connectivity index (χ0) is 10.7. The minimum Gasteiger partial charge on any atom is -0.309 e. The fraction of sp³-hybridized carbons (Fsp3) is 0.538. The summed E-state index contributed by atoms with van der Waals surface area (Å²) in [6.07, 6.45) is 0. The van der Waals surface area contributed by atoms with Gasteiger partial charge in [-0.1, -0.05) is 30.3 Å². The molecule has 1 aliphatic heterocycles. The first kappa shape index (κ1) is 13.5. The minimum atomic E-state index is 0. The first-order chi connectivity index (χ1) is 7.24. The molecule has 3 heteroatoms. The minimum absolute atomic E-state index is 0. The van der Waals surface area contributed by atoms with Gasteiger partial charge in [-0.15, -0.1) is 12.4 Å². The molecule has 0 saturated carbocycles. The van der Waals surface area contributed by atoms with Crippen LogP contribution in [0.4, 0.5) is 0 Å². The van der Waals surface area contributed by atoms with Gasteiger partial charge < -0.3 is 5.32 Å². The van der Waals surface area contributed by atoms with Gasteiger partial charge in [0.25, 0.3) is 0 Å². The first-order valence-corrected chi connectivity index (χ1v) is 5.76. The number of halogens is 1. The monoisotopic (exact) mass is 240 g/mol. The highest BCUT2D eigenvalue weighted by atomic mass is 35.5. The predicted molar refractivity (Wildman–Crippen MR) is 71.0 cm³/mol. The molecule has 1 saturated heterocycles. The molecule has 1 aromatic carbocycles. The van der Waals surface area contributed by atoms with Crippen LogP contribution in [0.2, 0.25) is 0 Å². The maximum absolute atomic E-state index is 3.55. The van der Waals surface area contributed by atoms with E-state index in [1.54, 1.807) is 0 Å². The molecule has 1 heterocycles. The van der Waals surface area contributed by atoms with E-state index < -0.39 is 0 Å². The van der Waals surface area contributed by atoms with Crippen molar-refractivity contribution in [1.29, 1.82) is 0 Å². The van der Waals surface area contributed by atoms with Crippen LogP contribution in [0.5, 0.6) is 0 Å². The fourth-order valence-electron chi connectivity index (χ4n) is 2.41. The van der Waals surface area contributed by atoms with Crippen LogP contribution in [-0.2, 0) is 6.54 Å². The van der Waals surface area contributed by atoms with Gasteiger partial charge in [0.2, 0.25) is 0 Å². The second kappa shape index (κ2) is 6.24. The molecule has 1 aromatic rings. The van der Waals surface area contributed by atoms with Gasteiger partial charge in [-0.2, -0.15) is 0 Å². The van der Waals surface area contributed by atoms with E-state index in [0.29, 0.717) is 12.1 Å². The van der Waals surface area contributed by atoms with E-state index in [2.05, 4.69) is 54.4 Å². The van der Waals surface area contributed by atoms with Crippen LogP contribution in [0.15, 0.2) is 30.3 Å². The van der Waals surface area contributed by atoms with Crippen LogP contribution in [-0.4, -0.2) is 30.1 Å². The van der Waals surface area contributed by atoms with Gasteiger partial charge in [-0.05, 0) is 19.4 Å². The van der Waals surface area contributed by atoms with Crippen LogP contribution in [0.25, 0.3) is 0 Å². The molecular formula is C13H21ClN2. The summed E-state index contributed by atoms with van der Waals surface area (Å²) in [6.45, 7) is 7.90. The van der Waals surface area contributed by atoms with Crippen LogP contribution >= 0.6 is 12.4 Å². The largest absolute Gasteiger partial charge is 0.309 e. The SMILES string of the molecule is CC1CN(Cc2ccccc2)CC(C)N1.Cl. The molecule has 2 atom stereocenters. The van der Waals surface area contributed by atoms with Crippen molar-refractivity contribution in [3.05, 3.63) is 35.9 Å². The molecule has 0 aromatic heterocycles. The maximum Gasteiger partial charge on any atom is 0.0235 e. The average Bonchev–Trinajstić information content (AvgIpc) is 2.17. The van der Waals surface area contributed by atoms with Crippen LogP contribution < -0.4 is 5.32 Å². The molecule has 0 radical (unpaired) electrons. The summed E-state index contributed by atoms with van der Waals surface area (Å²) in [4.78, 5) is 2.53. The summed E-state index contributed by atoms with van der Waals surface area (Å²) in [6, 6.07) is 11.9. The normalized spacial score (nSPS) is 26.1. The van der Waals surface area contributed by atoms with Crippen molar-refractivity contribution in [3.63, 3.8) is 0 Å². The quantitative estimate of drug-likeness (QED) is 0.854. The molecule has 0 amide bonds. The number of nitrogens with zero attached hydrogens (tertiary/aromatic N) is 1. The number of hydrogen-bond acceptors (Lipinski definition) is 2. The molecule has 90 valence electrons. The lowest BCUT2D eigenvalue weighted by molar-refractivity contribution is 0.166. The number of piperazine rings is 1. The van der Waals surface area contributed by atoms with Gasteiger partial charge >= 0.3 is 0 Å². The van der Waals surface area contributed by atoms with E-state index in [9.17, 15) is 0 Å². The Balaban J connectivity index is 0.00000128. The second-order valence-electron chi connectivity index (χ2n) is 4.65. The second-order valence-corrected chi connectivity index (χ2v) is 4.65. The molecule has 0 bridgehead atoms. The molecular weight excluding hydrogens is 220 g/mol. The Morgan fingerprint density at radius 1 is 1.12 bits per heavy atom. The van der Waals surface area contributed by atoms with Crippen molar-refractivity contribution < 1.29 is 0 Å². The fourth-order valence-corrected chi connectivity index (χ4v) is 2.41. The highest BCUT2D eigenvalue weighted by molar-refractivity contribution is 5.85. The van der Waals surface area contributed by atoms with Crippen LogP contribution in [0.1, 0.15) is 19.4 Å². The molecule has 2 unspecified atom stereocenters. The molecule has 2 nitrogen and oxygen atoms in total. The zero-order valence-electron chi connectivity index (χ0n) is 10.0. The Bertz CT molecular complexity index is 292. The number of hydrogen-bond donors (Lipinski definition) is 1. The lowest BCUT2D eigenvalue weighted by Gasteiger charge is -2.36. The van der Waals surface area contributed by atoms with Crippen LogP contribution in [0, 0.1) is 0 Å². The Kier molecular flexibility index (Phi) is 5.26. The Hall–Kier alpha value is -0.570. The van der Waals surface area contributed by atoms with Gasteiger partial charge in [-0.25, -0.2) is 0 Å². The number of benzene rings is 1. The third kappa shape index (κ3) is 3.78. The van der Waals surface area contributed by atoms with Crippen molar-refractivity contribution in [2.75, 3.05) is 13.1 Å². The Morgan fingerprint density at radius 3 is 2.25 bits per heavy atom. The molecule has 1 fully saturated rings. The summed E-state index contributed by atoms with van der Waals surface area (Å²) < 4.78 is 0. The highest BCUT2D eigenvalue weighted by Crippen LogP contribution is 2.09. The lowest BCUT2D eigenvalue weighted by atomic mass is 10.1. The lowest BCUT2D eigenvalue weighted by Crippen LogP contribution is -2.53. The van der Waals surface area contributed by atoms with Gasteiger partial charge in [0, 0.05) is 31.7 Å². The van der Waals surface area contributed by atoms with E-state index in [1.807, 2.05) is 0 Å². The third-order valence-electron chi connectivity index (χ3n) is 2.88. The summed E-state index contributed by atoms with van der Waals surface area (Å²) in [5.74, 6) is 0. The van der Waals surface area contributed by atoms with E-state index in [4.69, 9.17) is 0 Å². The maximum atomic E-state index is 3.55. The van der Waals surface area contributed by atoms with E-state index in [-0.39, 0.29) is 12.4 Å². The molecule has 0 aliphatic carbocycles. The third-order valence-corrected chi connectivity index (χ3v) is 2.88. The summed E-state index contributed by atoms with van der Waals surface area (Å²) in [5.41, 5.74) is 1.42. The smallest absolute Gasteiger partial charge is 0.0235 e. The summed E-state index contributed by atoms with van der Waals surface area (Å²) in [5, 5.41) is 3.55. The van der Waals surface area contributed by atoms with Gasteiger partial charge in [0.05, 0.1) is 0 Å². The van der Waals surface area contributed by atoms with Gasteiger partial charge in [0.1, 0.15) is 0 Å². The number of rotatable bonds is 2. The highest BCUT2D eigenvalue weighted by Gasteiger charge is 2.20. The van der Waals surface area contributed by atoms with E-state index >= 15 is 0 Å². The van der Waals surface area contributed by atoms with Crippen molar-refractivity contribution in [2.24, 2.45) is 0 Å². The standard InChI is InChI=1S/C13H20N2.ClH/c1-11-8-15(9-12(2)14-11)10-13-6-4-3-5-7-13;/h3-7,11-12,14H,8-10H2,1-2H3;1H. The topological polar surface area (TPSA) is 15.3 Å². The van der Waals surface area contributed by atoms with E-state index in [0.717, 1.165) is 19.6 Å². The number of nitrogens with one attached hydrogen (secondary N) is 1.